The van der Waals surface area contributed by atoms with Crippen molar-refractivity contribution < 1.29 is 34.7 Å². The van der Waals surface area contributed by atoms with Crippen LogP contribution in [0.3, 0.4) is 0 Å². The summed E-state index contributed by atoms with van der Waals surface area (Å²) in [6.07, 6.45) is -7.18. The average molecular weight is 222 g/mol. The zero-order valence-electron chi connectivity index (χ0n) is 8.11. The lowest BCUT2D eigenvalue weighted by molar-refractivity contribution is -0.287. The molecule has 15 heavy (non-hydrogen) atoms. The van der Waals surface area contributed by atoms with Crippen LogP contribution in [0.1, 0.15) is 6.92 Å². The summed E-state index contributed by atoms with van der Waals surface area (Å²) in [6, 6.07) is 0. The van der Waals surface area contributed by atoms with E-state index < -0.39 is 36.7 Å². The topological polar surface area (TPSA) is 116 Å². The molecule has 0 aromatic carbocycles. The molecule has 1 saturated heterocycles. The van der Waals surface area contributed by atoms with Crippen molar-refractivity contribution in [3.63, 3.8) is 0 Å². The Hall–Kier alpha value is -0.730. The van der Waals surface area contributed by atoms with Gasteiger partial charge in [-0.2, -0.15) is 0 Å². The molecule has 0 spiro atoms. The minimum atomic E-state index is -1.61. The first-order valence-electron chi connectivity index (χ1n) is 4.44. The van der Waals surface area contributed by atoms with Gasteiger partial charge in [-0.25, -0.2) is 0 Å². The van der Waals surface area contributed by atoms with E-state index in [4.69, 9.17) is 14.9 Å². The van der Waals surface area contributed by atoms with Gasteiger partial charge in [0.1, 0.15) is 31.0 Å². The Bertz CT molecular complexity index is 231. The Labute approximate surface area is 85.9 Å². The highest BCUT2D eigenvalue weighted by molar-refractivity contribution is 5.65. The fourth-order valence-electron chi connectivity index (χ4n) is 1.27. The van der Waals surface area contributed by atoms with Crippen molar-refractivity contribution in [3.05, 3.63) is 0 Å². The normalized spacial score (nSPS) is 41.3. The number of ether oxygens (including phenoxy) is 2. The molecule has 0 aliphatic carbocycles. The first-order valence-corrected chi connectivity index (χ1v) is 4.44. The molecule has 0 bridgehead atoms. The van der Waals surface area contributed by atoms with E-state index in [2.05, 4.69) is 4.74 Å². The van der Waals surface area contributed by atoms with Crippen molar-refractivity contribution in [2.45, 2.75) is 37.6 Å². The molecule has 88 valence electrons. The molecule has 0 radical (unpaired) electrons. The lowest BCUT2D eigenvalue weighted by Crippen LogP contribution is -2.58. The summed E-state index contributed by atoms with van der Waals surface area (Å²) < 4.78 is 9.31. The number of rotatable bonds is 2. The van der Waals surface area contributed by atoms with Crippen LogP contribution in [0.2, 0.25) is 0 Å². The predicted molar refractivity (Wildman–Crippen MR) is 45.5 cm³/mol. The van der Waals surface area contributed by atoms with Gasteiger partial charge in [0.05, 0.1) is 0 Å². The predicted octanol–water partition coefficient (Wildman–Crippen LogP) is -2.65. The van der Waals surface area contributed by atoms with Gasteiger partial charge in [0.15, 0.2) is 6.29 Å². The molecular formula is C8H14O7. The van der Waals surface area contributed by atoms with Crippen molar-refractivity contribution in [1.29, 1.82) is 0 Å². The van der Waals surface area contributed by atoms with Gasteiger partial charge in [-0.05, 0) is 0 Å². The van der Waals surface area contributed by atoms with Crippen LogP contribution in [-0.2, 0) is 14.3 Å². The fourth-order valence-corrected chi connectivity index (χ4v) is 1.27. The molecule has 0 aromatic rings. The largest absolute Gasteiger partial charge is 0.463 e. The van der Waals surface area contributed by atoms with Crippen LogP contribution < -0.4 is 0 Å². The minimum absolute atomic E-state index is 0.294. The van der Waals surface area contributed by atoms with Crippen LogP contribution in [0.5, 0.6) is 0 Å². The van der Waals surface area contributed by atoms with Gasteiger partial charge in [0.2, 0.25) is 0 Å². The van der Waals surface area contributed by atoms with Crippen molar-refractivity contribution in [3.8, 4) is 0 Å². The lowest BCUT2D eigenvalue weighted by Gasteiger charge is -2.37. The number of aliphatic hydroxyl groups is 4. The maximum atomic E-state index is 10.5. The Morgan fingerprint density at radius 1 is 1.20 bits per heavy atom. The maximum Gasteiger partial charge on any atom is 0.302 e. The van der Waals surface area contributed by atoms with E-state index in [0.717, 1.165) is 0 Å². The SMILES string of the molecule is CC(=O)OC[C@H]1O[C@@H](O)[C@H](O)[C@@H](O)[C@@H]1O. The molecule has 7 nitrogen and oxygen atoms in total. The Kier molecular flexibility index (Phi) is 4.00. The quantitative estimate of drug-likeness (QED) is 0.377. The maximum absolute atomic E-state index is 10.5. The molecule has 5 atom stereocenters. The third-order valence-electron chi connectivity index (χ3n) is 2.14. The molecule has 1 rings (SSSR count). The number of aliphatic hydroxyl groups excluding tert-OH is 4. The summed E-state index contributed by atoms with van der Waals surface area (Å²) in [4.78, 5) is 10.5. The molecule has 1 aliphatic heterocycles. The summed E-state index contributed by atoms with van der Waals surface area (Å²) in [5.74, 6) is -0.569. The van der Waals surface area contributed by atoms with Gasteiger partial charge < -0.3 is 29.9 Å². The number of hydrogen-bond donors (Lipinski definition) is 4. The van der Waals surface area contributed by atoms with Gasteiger partial charge in [-0.3, -0.25) is 4.79 Å². The van der Waals surface area contributed by atoms with E-state index in [1.165, 1.54) is 6.92 Å². The smallest absolute Gasteiger partial charge is 0.302 e. The van der Waals surface area contributed by atoms with E-state index in [9.17, 15) is 15.0 Å². The van der Waals surface area contributed by atoms with Crippen molar-refractivity contribution >= 4 is 5.97 Å². The third-order valence-corrected chi connectivity index (χ3v) is 2.14. The van der Waals surface area contributed by atoms with E-state index >= 15 is 0 Å². The third kappa shape index (κ3) is 2.86. The van der Waals surface area contributed by atoms with Gasteiger partial charge >= 0.3 is 5.97 Å². The number of carbonyl (C=O) groups is 1. The molecule has 7 heteroatoms. The van der Waals surface area contributed by atoms with Crippen molar-refractivity contribution in [2.75, 3.05) is 6.61 Å². The van der Waals surface area contributed by atoms with Crippen LogP contribution >= 0.6 is 0 Å². The highest BCUT2D eigenvalue weighted by atomic mass is 16.6. The summed E-state index contributed by atoms with van der Waals surface area (Å²) in [5.41, 5.74) is 0. The molecule has 1 fully saturated rings. The molecular weight excluding hydrogens is 208 g/mol. The molecule has 1 heterocycles. The van der Waals surface area contributed by atoms with E-state index in [1.54, 1.807) is 0 Å². The number of hydrogen-bond acceptors (Lipinski definition) is 7. The molecule has 0 amide bonds. The van der Waals surface area contributed by atoms with Crippen LogP contribution in [0, 0.1) is 0 Å². The number of esters is 1. The molecule has 0 aromatic heterocycles. The van der Waals surface area contributed by atoms with Gasteiger partial charge in [0.25, 0.3) is 0 Å². The summed E-state index contributed by atoms with van der Waals surface area (Å²) in [5, 5.41) is 36.9. The summed E-state index contributed by atoms with van der Waals surface area (Å²) in [7, 11) is 0. The monoisotopic (exact) mass is 222 g/mol. The second kappa shape index (κ2) is 4.86. The van der Waals surface area contributed by atoms with Gasteiger partial charge in [-0.1, -0.05) is 0 Å². The van der Waals surface area contributed by atoms with Gasteiger partial charge in [-0.15, -0.1) is 0 Å². The van der Waals surface area contributed by atoms with E-state index in [-0.39, 0.29) is 6.61 Å². The molecule has 4 N–H and O–H groups in total. The highest BCUT2D eigenvalue weighted by Gasteiger charge is 2.43. The number of carbonyl (C=O) groups excluding carboxylic acids is 1. The molecule has 1 aliphatic rings. The second-order valence-corrected chi connectivity index (χ2v) is 3.34. The van der Waals surface area contributed by atoms with Gasteiger partial charge in [0, 0.05) is 6.92 Å². The van der Waals surface area contributed by atoms with Crippen molar-refractivity contribution in [2.24, 2.45) is 0 Å². The van der Waals surface area contributed by atoms with E-state index in [1.807, 2.05) is 0 Å². The summed E-state index contributed by atoms with van der Waals surface area (Å²) >= 11 is 0. The summed E-state index contributed by atoms with van der Waals surface area (Å²) in [6.45, 7) is 0.883. The van der Waals surface area contributed by atoms with Crippen molar-refractivity contribution in [1.82, 2.24) is 0 Å². The van der Waals surface area contributed by atoms with Crippen LogP contribution in [-0.4, -0.2) is 63.7 Å². The average Bonchev–Trinajstić information content (AvgIpc) is 2.18. The first kappa shape index (κ1) is 12.3. The Morgan fingerprint density at radius 2 is 1.80 bits per heavy atom. The standard InChI is InChI=1S/C8H14O7/c1-3(9)14-2-4-5(10)6(11)7(12)8(13)15-4/h4-8,10-13H,2H2,1H3/t4-,5-,6+,7-,8-/m1/s1. The Morgan fingerprint density at radius 3 is 2.33 bits per heavy atom. The minimum Gasteiger partial charge on any atom is -0.463 e. The van der Waals surface area contributed by atoms with E-state index in [0.29, 0.717) is 0 Å². The fraction of sp³-hybridized carbons (Fsp3) is 0.875. The highest BCUT2D eigenvalue weighted by Crippen LogP contribution is 2.19. The zero-order chi connectivity index (χ0) is 11.6. The van der Waals surface area contributed by atoms with Crippen LogP contribution in [0.4, 0.5) is 0 Å². The molecule has 0 saturated carbocycles. The second-order valence-electron chi connectivity index (χ2n) is 3.34. The Balaban J connectivity index is 2.54. The van der Waals surface area contributed by atoms with Crippen LogP contribution in [0.25, 0.3) is 0 Å². The molecule has 0 unspecified atom stereocenters. The first-order chi connectivity index (χ1) is 6.93. The lowest BCUT2D eigenvalue weighted by atomic mass is 9.99. The van der Waals surface area contributed by atoms with Crippen LogP contribution in [0.15, 0.2) is 0 Å². The zero-order valence-corrected chi connectivity index (χ0v) is 8.11.